The summed E-state index contributed by atoms with van der Waals surface area (Å²) in [7, 11) is 0. The number of alkyl carbamates (subject to hydrolysis) is 1. The lowest BCUT2D eigenvalue weighted by molar-refractivity contribution is -0.384. The van der Waals surface area contributed by atoms with Crippen LogP contribution in [0.3, 0.4) is 0 Å². The molecule has 1 heterocycles. The Bertz CT molecular complexity index is 1630. The van der Waals surface area contributed by atoms with Crippen molar-refractivity contribution in [1.29, 1.82) is 0 Å². The third-order valence-electron chi connectivity index (χ3n) is 8.07. The molecule has 1 aliphatic heterocycles. The van der Waals surface area contributed by atoms with Gasteiger partial charge in [-0.2, -0.15) is 11.8 Å². The number of nitrogens with two attached hydrogens (primary N) is 1. The first-order chi connectivity index (χ1) is 25.0. The highest BCUT2D eigenvalue weighted by Crippen LogP contribution is 2.20. The Balaban J connectivity index is 1.59. The van der Waals surface area contributed by atoms with Gasteiger partial charge in [-0.05, 0) is 81.7 Å². The van der Waals surface area contributed by atoms with Crippen LogP contribution in [0.5, 0.6) is 5.75 Å². The molecule has 0 aliphatic carbocycles. The number of non-ortho nitro benzene ring substituents is 1. The van der Waals surface area contributed by atoms with Gasteiger partial charge in [0.25, 0.3) is 5.69 Å². The predicted octanol–water partition coefficient (Wildman–Crippen LogP) is 1.29. The number of benzene rings is 2. The van der Waals surface area contributed by atoms with Gasteiger partial charge >= 0.3 is 6.09 Å². The molecular weight excluding hydrogens is 710 g/mol. The number of nitro groups is 1. The SMILES string of the molecule is CSCC[C@@H](NC(=O)[C@H](Cc1ccc(O)cc1)NC(=O)OC(C)(C)C)C(=O)NCC(=O)NC(=O)[C@@H]1CCCN1C(=O)[C@@H](N)Cc1ccc([N+](=O)[O-])cc1. The van der Waals surface area contributed by atoms with Gasteiger partial charge in [-0.25, -0.2) is 4.79 Å². The number of rotatable bonds is 16. The van der Waals surface area contributed by atoms with Gasteiger partial charge in [0.05, 0.1) is 17.5 Å². The van der Waals surface area contributed by atoms with Crippen LogP contribution in [0.25, 0.3) is 0 Å². The second kappa shape index (κ2) is 19.6. The summed E-state index contributed by atoms with van der Waals surface area (Å²) in [4.78, 5) is 90.0. The third-order valence-corrected chi connectivity index (χ3v) is 8.72. The van der Waals surface area contributed by atoms with Crippen LogP contribution < -0.4 is 27.0 Å². The summed E-state index contributed by atoms with van der Waals surface area (Å²) >= 11 is 1.42. The van der Waals surface area contributed by atoms with Crippen molar-refractivity contribution < 1.29 is 43.5 Å². The Morgan fingerprint density at radius 2 is 1.60 bits per heavy atom. The van der Waals surface area contributed by atoms with E-state index in [4.69, 9.17) is 10.5 Å². The molecule has 17 nitrogen and oxygen atoms in total. The summed E-state index contributed by atoms with van der Waals surface area (Å²) in [6.45, 7) is 4.63. The number of thioether (sulfide) groups is 1. The predicted molar refractivity (Wildman–Crippen MR) is 196 cm³/mol. The summed E-state index contributed by atoms with van der Waals surface area (Å²) < 4.78 is 5.32. The topological polar surface area (TPSA) is 252 Å². The number of ether oxygens (including phenoxy) is 1. The van der Waals surface area contributed by atoms with Crippen molar-refractivity contribution in [1.82, 2.24) is 26.2 Å². The number of nitro benzene ring substituents is 1. The first kappa shape index (κ1) is 42.2. The van der Waals surface area contributed by atoms with Crippen molar-refractivity contribution in [2.45, 2.75) is 82.6 Å². The number of likely N-dealkylation sites (tertiary alicyclic amines) is 1. The second-order valence-corrected chi connectivity index (χ2v) is 14.5. The molecule has 2 aromatic rings. The molecule has 288 valence electrons. The number of phenols is 1. The average Bonchev–Trinajstić information content (AvgIpc) is 3.59. The number of hydrogen-bond donors (Lipinski definition) is 6. The van der Waals surface area contributed by atoms with E-state index in [1.165, 1.54) is 53.1 Å². The normalized spacial score (nSPS) is 15.7. The van der Waals surface area contributed by atoms with E-state index in [-0.39, 0.29) is 43.7 Å². The lowest BCUT2D eigenvalue weighted by Gasteiger charge is -2.26. The van der Waals surface area contributed by atoms with Crippen LogP contribution in [0.4, 0.5) is 10.5 Å². The van der Waals surface area contributed by atoms with Gasteiger partial charge in [-0.3, -0.25) is 39.4 Å². The van der Waals surface area contributed by atoms with E-state index in [0.29, 0.717) is 23.3 Å². The minimum absolute atomic E-state index is 0.00930. The van der Waals surface area contributed by atoms with Gasteiger partial charge in [0.15, 0.2) is 0 Å². The number of phenolic OH excluding ortho intramolecular Hbond substituents is 1. The molecule has 0 unspecified atom stereocenters. The third kappa shape index (κ3) is 13.7. The molecule has 0 aromatic heterocycles. The first-order valence-electron chi connectivity index (χ1n) is 16.9. The molecular formula is C35H47N7O10S. The van der Waals surface area contributed by atoms with Crippen LogP contribution in [0.1, 0.15) is 51.2 Å². The van der Waals surface area contributed by atoms with Crippen molar-refractivity contribution in [2.75, 3.05) is 25.1 Å². The summed E-state index contributed by atoms with van der Waals surface area (Å²) in [5.74, 6) is -3.01. The Morgan fingerprint density at radius 3 is 2.21 bits per heavy atom. The molecule has 4 atom stereocenters. The fraction of sp³-hybridized carbons (Fsp3) is 0.486. The average molecular weight is 758 g/mol. The zero-order valence-electron chi connectivity index (χ0n) is 30.1. The van der Waals surface area contributed by atoms with Gasteiger partial charge in [-0.15, -0.1) is 0 Å². The van der Waals surface area contributed by atoms with Gasteiger partial charge < -0.3 is 36.4 Å². The monoisotopic (exact) mass is 757 g/mol. The minimum Gasteiger partial charge on any atom is -0.508 e. The smallest absolute Gasteiger partial charge is 0.408 e. The number of hydrogen-bond acceptors (Lipinski definition) is 12. The molecule has 0 radical (unpaired) electrons. The Labute approximate surface area is 311 Å². The highest BCUT2D eigenvalue weighted by molar-refractivity contribution is 7.98. The lowest BCUT2D eigenvalue weighted by Crippen LogP contribution is -2.56. The number of aromatic hydroxyl groups is 1. The van der Waals surface area contributed by atoms with Crippen molar-refractivity contribution in [3.05, 3.63) is 69.8 Å². The van der Waals surface area contributed by atoms with Crippen LogP contribution in [0, 0.1) is 10.1 Å². The fourth-order valence-corrected chi connectivity index (χ4v) is 5.94. The highest BCUT2D eigenvalue weighted by atomic mass is 32.2. The van der Waals surface area contributed by atoms with E-state index in [1.54, 1.807) is 32.9 Å². The molecule has 3 rings (SSSR count). The highest BCUT2D eigenvalue weighted by Gasteiger charge is 2.37. The van der Waals surface area contributed by atoms with Crippen molar-refractivity contribution in [2.24, 2.45) is 5.73 Å². The number of amides is 6. The second-order valence-electron chi connectivity index (χ2n) is 13.5. The number of nitrogens with zero attached hydrogens (tertiary/aromatic N) is 2. The molecule has 53 heavy (non-hydrogen) atoms. The molecule has 1 aliphatic rings. The van der Waals surface area contributed by atoms with Gasteiger partial charge in [0.1, 0.15) is 29.5 Å². The van der Waals surface area contributed by atoms with Crippen LogP contribution in [-0.2, 0) is 41.6 Å². The largest absolute Gasteiger partial charge is 0.508 e. The van der Waals surface area contributed by atoms with Gasteiger partial charge in [0, 0.05) is 25.1 Å². The minimum atomic E-state index is -1.17. The molecule has 6 amide bonds. The molecule has 18 heteroatoms. The number of imide groups is 1. The van der Waals surface area contributed by atoms with E-state index in [2.05, 4.69) is 21.3 Å². The lowest BCUT2D eigenvalue weighted by atomic mass is 10.0. The number of nitrogens with one attached hydrogen (secondary N) is 4. The van der Waals surface area contributed by atoms with Crippen molar-refractivity contribution in [3.63, 3.8) is 0 Å². The number of carbonyl (C=O) groups excluding carboxylic acids is 6. The van der Waals surface area contributed by atoms with E-state index >= 15 is 0 Å². The maximum Gasteiger partial charge on any atom is 0.408 e. The molecule has 1 fully saturated rings. The van der Waals surface area contributed by atoms with Crippen LogP contribution in [0.15, 0.2) is 48.5 Å². The molecule has 0 spiro atoms. The van der Waals surface area contributed by atoms with E-state index in [0.717, 1.165) is 0 Å². The fourth-order valence-electron chi connectivity index (χ4n) is 5.47. The summed E-state index contributed by atoms with van der Waals surface area (Å²) in [6.07, 6.45) is 2.01. The molecule has 0 saturated carbocycles. The zero-order chi connectivity index (χ0) is 39.3. The van der Waals surface area contributed by atoms with E-state index in [1.807, 2.05) is 6.26 Å². The Morgan fingerprint density at radius 1 is 0.981 bits per heavy atom. The van der Waals surface area contributed by atoms with Crippen LogP contribution >= 0.6 is 11.8 Å². The summed E-state index contributed by atoms with van der Waals surface area (Å²) in [5, 5.41) is 30.4. The molecule has 7 N–H and O–H groups in total. The molecule has 2 aromatic carbocycles. The summed E-state index contributed by atoms with van der Waals surface area (Å²) in [6, 6.07) is 7.37. The van der Waals surface area contributed by atoms with Crippen LogP contribution in [0.2, 0.25) is 0 Å². The maximum atomic E-state index is 13.5. The first-order valence-corrected chi connectivity index (χ1v) is 18.3. The Kier molecular flexibility index (Phi) is 15.6. The number of carbonyl (C=O) groups is 6. The van der Waals surface area contributed by atoms with Crippen molar-refractivity contribution in [3.8, 4) is 5.75 Å². The molecule has 1 saturated heterocycles. The van der Waals surface area contributed by atoms with Crippen molar-refractivity contribution >= 4 is 53.1 Å². The summed E-state index contributed by atoms with van der Waals surface area (Å²) in [5.41, 5.74) is 6.40. The maximum absolute atomic E-state index is 13.5. The molecule has 0 bridgehead atoms. The van der Waals surface area contributed by atoms with Crippen LogP contribution in [-0.4, -0.2) is 105 Å². The Hall–Kier alpha value is -5.23. The van der Waals surface area contributed by atoms with E-state index in [9.17, 15) is 44.0 Å². The standard InChI is InChI=1S/C35H47N7O10S/c1-35(2,3)52-34(49)39-27(19-22-9-13-24(43)14-10-22)31(46)38-26(15-17-53-4)30(45)37-20-29(44)40-32(47)28-6-5-16-41(28)33(48)25(36)18-21-7-11-23(12-8-21)42(50)51/h7-14,25-28,43H,5-6,15-20,36H2,1-4H3,(H,37,45)(H,38,46)(H,39,49)(H,40,44,47)/t25-,26+,27-,28-/m0/s1. The quantitative estimate of drug-likeness (QED) is 0.105. The zero-order valence-corrected chi connectivity index (χ0v) is 30.9. The van der Waals surface area contributed by atoms with Gasteiger partial charge in [-0.1, -0.05) is 24.3 Å². The van der Waals surface area contributed by atoms with Gasteiger partial charge in [0.2, 0.25) is 29.5 Å². The van der Waals surface area contributed by atoms with E-state index < -0.39 is 76.9 Å².